The highest BCUT2D eigenvalue weighted by molar-refractivity contribution is 7.92. The van der Waals surface area contributed by atoms with Crippen molar-refractivity contribution in [2.24, 2.45) is 0 Å². The molecule has 9 heteroatoms. The van der Waals surface area contributed by atoms with Crippen LogP contribution in [0.25, 0.3) is 0 Å². The van der Waals surface area contributed by atoms with E-state index in [4.69, 9.17) is 34.8 Å². The Hall–Kier alpha value is -2.25. The van der Waals surface area contributed by atoms with Gasteiger partial charge in [0.2, 0.25) is 5.91 Å². The maximum absolute atomic E-state index is 13.2. The largest absolute Gasteiger partial charge is 0.350 e. The van der Waals surface area contributed by atoms with Gasteiger partial charge in [-0.15, -0.1) is 0 Å². The predicted molar refractivity (Wildman–Crippen MR) is 121 cm³/mol. The van der Waals surface area contributed by atoms with Crippen LogP contribution in [0.1, 0.15) is 5.56 Å². The van der Waals surface area contributed by atoms with Gasteiger partial charge < -0.3 is 5.32 Å². The third kappa shape index (κ3) is 5.26. The Kier molecular flexibility index (Phi) is 7.26. The first-order chi connectivity index (χ1) is 14.3. The maximum atomic E-state index is 13.2. The van der Waals surface area contributed by atoms with Crippen LogP contribution in [-0.2, 0) is 21.4 Å². The first-order valence-corrected chi connectivity index (χ1v) is 11.4. The number of anilines is 1. The van der Waals surface area contributed by atoms with Crippen LogP contribution in [0.4, 0.5) is 5.69 Å². The quantitative estimate of drug-likeness (QED) is 0.505. The maximum Gasteiger partial charge on any atom is 0.264 e. The van der Waals surface area contributed by atoms with Gasteiger partial charge in [-0.05, 0) is 42.0 Å². The number of carbonyl (C=O) groups is 1. The summed E-state index contributed by atoms with van der Waals surface area (Å²) in [6, 6.07) is 19.3. The molecule has 0 aliphatic rings. The van der Waals surface area contributed by atoms with E-state index >= 15 is 0 Å². The van der Waals surface area contributed by atoms with Crippen LogP contribution in [0.2, 0.25) is 15.1 Å². The summed E-state index contributed by atoms with van der Waals surface area (Å²) in [7, 11) is -4.03. The van der Waals surface area contributed by atoms with Gasteiger partial charge >= 0.3 is 0 Å². The minimum Gasteiger partial charge on any atom is -0.350 e. The van der Waals surface area contributed by atoms with E-state index < -0.39 is 22.5 Å². The lowest BCUT2D eigenvalue weighted by Gasteiger charge is -2.24. The van der Waals surface area contributed by atoms with E-state index in [1.165, 1.54) is 30.3 Å². The molecule has 0 aromatic heterocycles. The number of sulfonamides is 1. The van der Waals surface area contributed by atoms with Crippen molar-refractivity contribution in [1.82, 2.24) is 5.32 Å². The van der Waals surface area contributed by atoms with Crippen LogP contribution in [0.15, 0.2) is 77.7 Å². The Morgan fingerprint density at radius 2 is 1.50 bits per heavy atom. The van der Waals surface area contributed by atoms with Gasteiger partial charge in [0.25, 0.3) is 10.0 Å². The van der Waals surface area contributed by atoms with Crippen LogP contribution in [0.3, 0.4) is 0 Å². The molecule has 3 aromatic carbocycles. The molecule has 3 aromatic rings. The molecule has 0 unspecified atom stereocenters. The molecule has 5 nitrogen and oxygen atoms in total. The van der Waals surface area contributed by atoms with Crippen LogP contribution < -0.4 is 9.62 Å². The molecule has 30 heavy (non-hydrogen) atoms. The second kappa shape index (κ2) is 9.71. The number of hydrogen-bond acceptors (Lipinski definition) is 3. The van der Waals surface area contributed by atoms with Crippen LogP contribution in [-0.4, -0.2) is 20.9 Å². The summed E-state index contributed by atoms with van der Waals surface area (Å²) in [6.45, 7) is -0.279. The number of benzene rings is 3. The number of hydrogen-bond donors (Lipinski definition) is 1. The second-order valence-corrected chi connectivity index (χ2v) is 9.38. The lowest BCUT2D eigenvalue weighted by molar-refractivity contribution is -0.119. The summed E-state index contributed by atoms with van der Waals surface area (Å²) in [5, 5.41) is 3.67. The van der Waals surface area contributed by atoms with Crippen molar-refractivity contribution in [3.05, 3.63) is 93.4 Å². The van der Waals surface area contributed by atoms with Crippen molar-refractivity contribution in [2.45, 2.75) is 11.4 Å². The number of nitrogens with one attached hydrogen (secondary N) is 1. The minimum absolute atomic E-state index is 0.0509. The van der Waals surface area contributed by atoms with Gasteiger partial charge in [-0.25, -0.2) is 8.42 Å². The lowest BCUT2D eigenvalue weighted by atomic mass is 10.2. The smallest absolute Gasteiger partial charge is 0.264 e. The standard InChI is InChI=1S/C21H17Cl3N2O3S/c22-18-9-5-4-6-15(18)13-25-21(27)14-26(16-10-11-19(23)20(24)12-16)30(28,29)17-7-2-1-3-8-17/h1-12H,13-14H2,(H,25,27). The summed E-state index contributed by atoms with van der Waals surface area (Å²) < 4.78 is 27.5. The molecule has 1 N–H and O–H groups in total. The highest BCUT2D eigenvalue weighted by Gasteiger charge is 2.27. The second-order valence-electron chi connectivity index (χ2n) is 6.29. The van der Waals surface area contributed by atoms with Crippen LogP contribution in [0.5, 0.6) is 0 Å². The Labute approximate surface area is 190 Å². The SMILES string of the molecule is O=C(CN(c1ccc(Cl)c(Cl)c1)S(=O)(=O)c1ccccc1)NCc1ccccc1Cl. The van der Waals surface area contributed by atoms with Crippen molar-refractivity contribution in [3.8, 4) is 0 Å². The number of amides is 1. The molecular formula is C21H17Cl3N2O3S. The number of nitrogens with zero attached hydrogens (tertiary/aromatic N) is 1. The van der Waals surface area contributed by atoms with Gasteiger partial charge in [0.15, 0.2) is 0 Å². The van der Waals surface area contributed by atoms with Crippen molar-refractivity contribution in [3.63, 3.8) is 0 Å². The first kappa shape index (κ1) is 22.4. The Bertz CT molecular complexity index is 1160. The van der Waals surface area contributed by atoms with E-state index in [2.05, 4.69) is 5.32 Å². The minimum atomic E-state index is -4.03. The summed E-state index contributed by atoms with van der Waals surface area (Å²) in [6.07, 6.45) is 0. The fourth-order valence-corrected chi connectivity index (χ4v) is 4.63. The zero-order valence-electron chi connectivity index (χ0n) is 15.6. The molecule has 0 spiro atoms. The summed E-state index contributed by atoms with van der Waals surface area (Å²) >= 11 is 18.2. The van der Waals surface area contributed by atoms with Gasteiger partial charge in [0.1, 0.15) is 6.54 Å². The molecule has 1 amide bonds. The van der Waals surface area contributed by atoms with Gasteiger partial charge in [0, 0.05) is 11.6 Å². The number of carbonyl (C=O) groups excluding carboxylic acids is 1. The number of rotatable bonds is 7. The van der Waals surface area contributed by atoms with E-state index in [1.54, 1.807) is 42.5 Å². The lowest BCUT2D eigenvalue weighted by Crippen LogP contribution is -2.40. The molecule has 156 valence electrons. The van der Waals surface area contributed by atoms with Gasteiger partial charge in [-0.2, -0.15) is 0 Å². The third-order valence-electron chi connectivity index (χ3n) is 4.24. The first-order valence-electron chi connectivity index (χ1n) is 8.82. The molecule has 0 aliphatic heterocycles. The molecule has 0 radical (unpaired) electrons. The number of halogens is 3. The fraction of sp³-hybridized carbons (Fsp3) is 0.0952. The molecular weight excluding hydrogens is 467 g/mol. The highest BCUT2D eigenvalue weighted by atomic mass is 35.5. The van der Waals surface area contributed by atoms with E-state index in [1.807, 2.05) is 0 Å². The highest BCUT2D eigenvalue weighted by Crippen LogP contribution is 2.30. The van der Waals surface area contributed by atoms with E-state index in [-0.39, 0.29) is 27.2 Å². The average molecular weight is 484 g/mol. The van der Waals surface area contributed by atoms with Crippen LogP contribution >= 0.6 is 34.8 Å². The Morgan fingerprint density at radius 3 is 2.17 bits per heavy atom. The predicted octanol–water partition coefficient (Wildman–Crippen LogP) is 5.16. The van der Waals surface area contributed by atoms with Crippen LogP contribution in [0, 0.1) is 0 Å². The molecule has 0 saturated carbocycles. The molecule has 3 rings (SSSR count). The zero-order valence-corrected chi connectivity index (χ0v) is 18.6. The fourth-order valence-electron chi connectivity index (χ4n) is 2.70. The van der Waals surface area contributed by atoms with E-state index in [0.717, 1.165) is 9.87 Å². The zero-order chi connectivity index (χ0) is 21.7. The molecule has 0 fully saturated rings. The topological polar surface area (TPSA) is 66.5 Å². The Morgan fingerprint density at radius 1 is 0.833 bits per heavy atom. The molecule has 0 heterocycles. The molecule has 0 saturated heterocycles. The summed E-state index contributed by atoms with van der Waals surface area (Å²) in [4.78, 5) is 12.7. The molecule has 0 aliphatic carbocycles. The van der Waals surface area contributed by atoms with Gasteiger partial charge in [-0.3, -0.25) is 9.10 Å². The van der Waals surface area contributed by atoms with E-state index in [0.29, 0.717) is 5.02 Å². The molecule has 0 bridgehead atoms. The van der Waals surface area contributed by atoms with Crippen molar-refractivity contribution < 1.29 is 13.2 Å². The Balaban J connectivity index is 1.88. The van der Waals surface area contributed by atoms with Gasteiger partial charge in [-0.1, -0.05) is 71.2 Å². The van der Waals surface area contributed by atoms with Crippen molar-refractivity contribution >= 4 is 56.4 Å². The van der Waals surface area contributed by atoms with Crippen molar-refractivity contribution in [1.29, 1.82) is 0 Å². The van der Waals surface area contributed by atoms with Gasteiger partial charge in [0.05, 0.1) is 20.6 Å². The normalized spacial score (nSPS) is 11.2. The average Bonchev–Trinajstić information content (AvgIpc) is 2.74. The van der Waals surface area contributed by atoms with Crippen molar-refractivity contribution in [2.75, 3.05) is 10.8 Å². The summed E-state index contributed by atoms with van der Waals surface area (Å²) in [5.41, 5.74) is 0.945. The monoisotopic (exact) mass is 482 g/mol. The molecule has 0 atom stereocenters. The summed E-state index contributed by atoms with van der Waals surface area (Å²) in [5.74, 6) is -0.500. The third-order valence-corrected chi connectivity index (χ3v) is 7.14. The van der Waals surface area contributed by atoms with E-state index in [9.17, 15) is 13.2 Å².